The van der Waals surface area contributed by atoms with Crippen LogP contribution in [0.25, 0.3) is 0 Å². The maximum Gasteiger partial charge on any atom is 0.323 e. The largest absolute Gasteiger partial charge is 0.460 e. The van der Waals surface area contributed by atoms with Crippen LogP contribution in [0.4, 0.5) is 0 Å². The van der Waals surface area contributed by atoms with Crippen LogP contribution < -0.4 is 16.8 Å². The van der Waals surface area contributed by atoms with Crippen molar-refractivity contribution in [3.05, 3.63) is 63.4 Å². The maximum absolute atomic E-state index is 12.1. The fraction of sp³-hybridized carbons (Fsp3) is 0.278. The van der Waals surface area contributed by atoms with Crippen molar-refractivity contribution < 1.29 is 14.3 Å². The average Bonchev–Trinajstić information content (AvgIpc) is 2.63. The molecule has 1 aromatic heterocycles. The molecule has 0 spiro atoms. The average molecular weight is 411 g/mol. The van der Waals surface area contributed by atoms with Gasteiger partial charge in [0.15, 0.2) is 0 Å². The minimum atomic E-state index is -0.875. The molecule has 0 aliphatic heterocycles. The second-order valence-electron chi connectivity index (χ2n) is 5.78. The molecular weight excluding hydrogens is 391 g/mol. The molecule has 2 aromatic rings. The zero-order chi connectivity index (χ0) is 19.8. The summed E-state index contributed by atoms with van der Waals surface area (Å²) >= 11 is 11.6. The number of nitrogens with zero attached hydrogens (tertiary/aromatic N) is 1. The van der Waals surface area contributed by atoms with E-state index in [-0.39, 0.29) is 29.2 Å². The van der Waals surface area contributed by atoms with Crippen molar-refractivity contribution in [2.24, 2.45) is 11.5 Å². The summed E-state index contributed by atoms with van der Waals surface area (Å²) in [6.07, 6.45) is 0.231. The number of hydrogen-bond donors (Lipinski definition) is 3. The molecular formula is C18H20Cl2N4O3. The lowest BCUT2D eigenvalue weighted by atomic mass is 10.0. The molecule has 0 saturated carbocycles. The Morgan fingerprint density at radius 2 is 1.85 bits per heavy atom. The lowest BCUT2D eigenvalue weighted by molar-refractivity contribution is -0.146. The van der Waals surface area contributed by atoms with Crippen LogP contribution in [-0.4, -0.2) is 36.0 Å². The van der Waals surface area contributed by atoms with Crippen molar-refractivity contribution in [3.8, 4) is 0 Å². The van der Waals surface area contributed by atoms with E-state index < -0.39 is 12.0 Å². The number of nitrogens with one attached hydrogen (secondary N) is 1. The van der Waals surface area contributed by atoms with Gasteiger partial charge in [-0.1, -0.05) is 35.3 Å². The molecule has 1 atom stereocenters. The first-order valence-corrected chi connectivity index (χ1v) is 8.96. The van der Waals surface area contributed by atoms with Crippen LogP contribution >= 0.6 is 23.2 Å². The molecule has 9 heteroatoms. The summed E-state index contributed by atoms with van der Waals surface area (Å²) in [4.78, 5) is 27.9. The van der Waals surface area contributed by atoms with Crippen molar-refractivity contribution in [2.45, 2.75) is 19.1 Å². The van der Waals surface area contributed by atoms with Gasteiger partial charge < -0.3 is 21.5 Å². The molecule has 1 aromatic carbocycles. The highest BCUT2D eigenvalue weighted by Crippen LogP contribution is 2.16. The second kappa shape index (κ2) is 10.2. The van der Waals surface area contributed by atoms with Crippen LogP contribution in [0.15, 0.2) is 36.4 Å². The second-order valence-corrected chi connectivity index (χ2v) is 6.56. The van der Waals surface area contributed by atoms with E-state index in [2.05, 4.69) is 10.3 Å². The standard InChI is InChI=1S/C18H20Cl2N4O3/c19-15-8-12(9-16(20)24-15)10-27-18(26)14(22)7-11-2-1-3-13(6-11)17(25)23-5-4-21/h1-3,6,8-9,14H,4-5,7,10,21-22H2,(H,23,25)/t14-/m0/s1. The molecule has 1 heterocycles. The number of amides is 1. The third-order valence-electron chi connectivity index (χ3n) is 3.58. The van der Waals surface area contributed by atoms with Crippen LogP contribution in [0, 0.1) is 0 Å². The van der Waals surface area contributed by atoms with Crippen LogP contribution in [-0.2, 0) is 22.6 Å². The Hall–Kier alpha value is -2.19. The molecule has 5 N–H and O–H groups in total. The van der Waals surface area contributed by atoms with Gasteiger partial charge in [-0.05, 0) is 41.8 Å². The zero-order valence-electron chi connectivity index (χ0n) is 14.5. The summed E-state index contributed by atoms with van der Waals surface area (Å²) in [5, 5.41) is 3.11. The molecule has 0 aliphatic carbocycles. The van der Waals surface area contributed by atoms with Gasteiger partial charge in [0, 0.05) is 18.7 Å². The molecule has 2 rings (SSSR count). The fourth-order valence-electron chi connectivity index (χ4n) is 2.32. The molecule has 0 saturated heterocycles. The highest BCUT2D eigenvalue weighted by atomic mass is 35.5. The van der Waals surface area contributed by atoms with E-state index in [0.29, 0.717) is 24.2 Å². The number of pyridine rings is 1. The number of carbonyl (C=O) groups excluding carboxylic acids is 2. The Kier molecular flexibility index (Phi) is 7.99. The van der Waals surface area contributed by atoms with Gasteiger partial charge in [0.1, 0.15) is 23.0 Å². The summed E-state index contributed by atoms with van der Waals surface area (Å²) < 4.78 is 5.20. The molecule has 0 unspecified atom stereocenters. The highest BCUT2D eigenvalue weighted by molar-refractivity contribution is 6.32. The van der Waals surface area contributed by atoms with Gasteiger partial charge in [-0.25, -0.2) is 4.98 Å². The lowest BCUT2D eigenvalue weighted by Gasteiger charge is -2.13. The number of benzene rings is 1. The molecule has 27 heavy (non-hydrogen) atoms. The Bertz CT molecular complexity index is 797. The smallest absolute Gasteiger partial charge is 0.323 e. The number of carbonyl (C=O) groups is 2. The Morgan fingerprint density at radius 3 is 2.52 bits per heavy atom. The summed E-state index contributed by atoms with van der Waals surface area (Å²) in [6.45, 7) is 0.726. The minimum Gasteiger partial charge on any atom is -0.460 e. The van der Waals surface area contributed by atoms with E-state index in [0.717, 1.165) is 5.56 Å². The van der Waals surface area contributed by atoms with Crippen molar-refractivity contribution in [1.82, 2.24) is 10.3 Å². The van der Waals surface area contributed by atoms with E-state index in [9.17, 15) is 9.59 Å². The maximum atomic E-state index is 12.1. The normalized spacial score (nSPS) is 11.7. The molecule has 0 bridgehead atoms. The Labute approximate surface area is 167 Å². The Balaban J connectivity index is 1.92. The predicted octanol–water partition coefficient (Wildman–Crippen LogP) is 1.69. The molecule has 0 aliphatic rings. The summed E-state index contributed by atoms with van der Waals surface area (Å²) in [5.41, 5.74) is 13.1. The summed E-state index contributed by atoms with van der Waals surface area (Å²) in [7, 11) is 0. The first-order valence-electron chi connectivity index (χ1n) is 8.20. The highest BCUT2D eigenvalue weighted by Gasteiger charge is 2.17. The van der Waals surface area contributed by atoms with Gasteiger partial charge in [-0.3, -0.25) is 9.59 Å². The van der Waals surface area contributed by atoms with Crippen molar-refractivity contribution >= 4 is 35.1 Å². The van der Waals surface area contributed by atoms with Crippen LogP contribution in [0.2, 0.25) is 10.3 Å². The van der Waals surface area contributed by atoms with Gasteiger partial charge in [0.05, 0.1) is 0 Å². The third-order valence-corrected chi connectivity index (χ3v) is 3.97. The van der Waals surface area contributed by atoms with Gasteiger partial charge in [0.25, 0.3) is 5.91 Å². The van der Waals surface area contributed by atoms with Crippen molar-refractivity contribution in [2.75, 3.05) is 13.1 Å². The number of aromatic nitrogens is 1. The number of halogens is 2. The van der Waals surface area contributed by atoms with Crippen LogP contribution in [0.5, 0.6) is 0 Å². The predicted molar refractivity (Wildman–Crippen MR) is 104 cm³/mol. The van der Waals surface area contributed by atoms with E-state index in [1.807, 2.05) is 0 Å². The molecule has 0 fully saturated rings. The van der Waals surface area contributed by atoms with E-state index in [1.54, 1.807) is 36.4 Å². The molecule has 144 valence electrons. The van der Waals surface area contributed by atoms with Crippen molar-refractivity contribution in [3.63, 3.8) is 0 Å². The molecule has 1 amide bonds. The summed E-state index contributed by atoms with van der Waals surface area (Å²) in [6, 6.07) is 9.10. The monoisotopic (exact) mass is 410 g/mol. The Morgan fingerprint density at radius 1 is 1.15 bits per heavy atom. The number of hydrogen-bond acceptors (Lipinski definition) is 6. The first-order chi connectivity index (χ1) is 12.9. The zero-order valence-corrected chi connectivity index (χ0v) is 16.0. The van der Waals surface area contributed by atoms with E-state index >= 15 is 0 Å². The first kappa shape index (κ1) is 21.1. The summed E-state index contributed by atoms with van der Waals surface area (Å²) in [5.74, 6) is -0.804. The van der Waals surface area contributed by atoms with Gasteiger partial charge in [0.2, 0.25) is 0 Å². The van der Waals surface area contributed by atoms with Gasteiger partial charge in [-0.2, -0.15) is 0 Å². The van der Waals surface area contributed by atoms with Crippen LogP contribution in [0.3, 0.4) is 0 Å². The molecule has 7 nitrogen and oxygen atoms in total. The number of ether oxygens (including phenoxy) is 1. The quantitative estimate of drug-likeness (QED) is 0.449. The SMILES string of the molecule is NCCNC(=O)c1cccc(C[C@H](N)C(=O)OCc2cc(Cl)nc(Cl)c2)c1. The van der Waals surface area contributed by atoms with Crippen LogP contribution in [0.1, 0.15) is 21.5 Å². The van der Waals surface area contributed by atoms with E-state index in [1.165, 1.54) is 0 Å². The topological polar surface area (TPSA) is 120 Å². The fourth-order valence-corrected chi connectivity index (χ4v) is 2.83. The van der Waals surface area contributed by atoms with Crippen molar-refractivity contribution in [1.29, 1.82) is 0 Å². The number of esters is 1. The number of rotatable bonds is 8. The van der Waals surface area contributed by atoms with Gasteiger partial charge in [-0.15, -0.1) is 0 Å². The van der Waals surface area contributed by atoms with E-state index in [4.69, 9.17) is 39.4 Å². The minimum absolute atomic E-state index is 0.0178. The number of nitrogens with two attached hydrogens (primary N) is 2. The lowest BCUT2D eigenvalue weighted by Crippen LogP contribution is -2.34. The van der Waals surface area contributed by atoms with Gasteiger partial charge >= 0.3 is 5.97 Å². The third kappa shape index (κ3) is 6.80. The molecule has 0 radical (unpaired) electrons.